The number of hydrogen-bond donors (Lipinski definition) is 1. The van der Waals surface area contributed by atoms with Crippen molar-refractivity contribution in [3.8, 4) is 5.82 Å². The van der Waals surface area contributed by atoms with Crippen LogP contribution in [0.4, 0.5) is 0 Å². The first-order valence-electron chi connectivity index (χ1n) is 5.35. The fourth-order valence-electron chi connectivity index (χ4n) is 1.62. The van der Waals surface area contributed by atoms with Crippen LogP contribution in [0.1, 0.15) is 24.1 Å². The van der Waals surface area contributed by atoms with E-state index in [9.17, 15) is 4.79 Å². The van der Waals surface area contributed by atoms with Crippen molar-refractivity contribution < 1.29 is 0 Å². The van der Waals surface area contributed by atoms with E-state index in [2.05, 4.69) is 31.0 Å². The molecule has 0 aliphatic carbocycles. The summed E-state index contributed by atoms with van der Waals surface area (Å²) in [5.74, 6) is 1.22. The Morgan fingerprint density at radius 2 is 2.18 bits per heavy atom. The second-order valence-corrected chi connectivity index (χ2v) is 4.59. The van der Waals surface area contributed by atoms with Crippen LogP contribution in [0.3, 0.4) is 0 Å². The number of aryl methyl sites for hydroxylation is 2. The normalized spacial score (nSPS) is 10.8. The Bertz CT molecular complexity index is 614. The topological polar surface area (TPSA) is 63.6 Å². The van der Waals surface area contributed by atoms with E-state index in [1.165, 1.54) is 6.07 Å². The van der Waals surface area contributed by atoms with Gasteiger partial charge in [-0.25, -0.2) is 9.67 Å². The summed E-state index contributed by atoms with van der Waals surface area (Å²) in [6, 6.07) is 1.45. The van der Waals surface area contributed by atoms with Crippen LogP contribution in [0.15, 0.2) is 15.3 Å². The van der Waals surface area contributed by atoms with Crippen LogP contribution in [0, 0.1) is 13.8 Å². The van der Waals surface area contributed by atoms with Crippen LogP contribution >= 0.6 is 15.9 Å². The first kappa shape index (κ1) is 12.0. The number of halogens is 1. The van der Waals surface area contributed by atoms with E-state index in [4.69, 9.17) is 0 Å². The standard InChI is InChI=1S/C11H13BrN4O/c1-4-8-13-9(5-10(17)14-8)16-7(3)11(12)6(2)15-16/h5H,4H2,1-3H3,(H,13,14,17). The molecule has 6 heteroatoms. The average molecular weight is 297 g/mol. The number of aromatic nitrogens is 4. The molecular formula is C11H13BrN4O. The fraction of sp³-hybridized carbons (Fsp3) is 0.364. The highest BCUT2D eigenvalue weighted by Crippen LogP contribution is 2.21. The fourth-order valence-corrected chi connectivity index (χ4v) is 1.86. The lowest BCUT2D eigenvalue weighted by Gasteiger charge is -2.04. The van der Waals surface area contributed by atoms with Crippen LogP contribution in [-0.4, -0.2) is 19.7 Å². The zero-order valence-electron chi connectivity index (χ0n) is 9.91. The van der Waals surface area contributed by atoms with Crippen LogP contribution in [0.5, 0.6) is 0 Å². The van der Waals surface area contributed by atoms with Gasteiger partial charge in [-0.15, -0.1) is 0 Å². The van der Waals surface area contributed by atoms with E-state index in [0.29, 0.717) is 18.1 Å². The molecule has 0 saturated heterocycles. The van der Waals surface area contributed by atoms with Gasteiger partial charge in [-0.05, 0) is 29.8 Å². The number of H-pyrrole nitrogens is 1. The lowest BCUT2D eigenvalue weighted by Crippen LogP contribution is -2.14. The zero-order valence-corrected chi connectivity index (χ0v) is 11.5. The summed E-state index contributed by atoms with van der Waals surface area (Å²) < 4.78 is 2.62. The molecule has 2 aromatic rings. The summed E-state index contributed by atoms with van der Waals surface area (Å²) in [4.78, 5) is 18.5. The molecule has 90 valence electrons. The summed E-state index contributed by atoms with van der Waals surface area (Å²) in [7, 11) is 0. The average Bonchev–Trinajstić information content (AvgIpc) is 2.56. The minimum Gasteiger partial charge on any atom is -0.310 e. The van der Waals surface area contributed by atoms with Crippen molar-refractivity contribution in [3.05, 3.63) is 38.1 Å². The van der Waals surface area contributed by atoms with Gasteiger partial charge in [-0.2, -0.15) is 5.10 Å². The lowest BCUT2D eigenvalue weighted by molar-refractivity contribution is 0.777. The van der Waals surface area contributed by atoms with Crippen molar-refractivity contribution >= 4 is 15.9 Å². The largest absolute Gasteiger partial charge is 0.310 e. The minimum atomic E-state index is -0.157. The molecule has 2 heterocycles. The highest BCUT2D eigenvalue weighted by Gasteiger charge is 2.12. The molecule has 0 spiro atoms. The van der Waals surface area contributed by atoms with Crippen molar-refractivity contribution in [2.45, 2.75) is 27.2 Å². The molecule has 0 atom stereocenters. The van der Waals surface area contributed by atoms with Gasteiger partial charge in [0.15, 0.2) is 5.82 Å². The molecule has 1 N–H and O–H groups in total. The molecule has 5 nitrogen and oxygen atoms in total. The van der Waals surface area contributed by atoms with Crippen molar-refractivity contribution in [2.75, 3.05) is 0 Å². The SMILES string of the molecule is CCc1nc(-n2nc(C)c(Br)c2C)cc(=O)[nH]1. The number of nitrogens with zero attached hydrogens (tertiary/aromatic N) is 3. The third-order valence-electron chi connectivity index (χ3n) is 2.53. The summed E-state index contributed by atoms with van der Waals surface area (Å²) in [6.07, 6.45) is 0.684. The number of nitrogens with one attached hydrogen (secondary N) is 1. The van der Waals surface area contributed by atoms with E-state index in [1.807, 2.05) is 20.8 Å². The van der Waals surface area contributed by atoms with E-state index in [-0.39, 0.29) is 5.56 Å². The maximum Gasteiger partial charge on any atom is 0.253 e. The second-order valence-electron chi connectivity index (χ2n) is 3.80. The van der Waals surface area contributed by atoms with Crippen LogP contribution < -0.4 is 5.56 Å². The van der Waals surface area contributed by atoms with Crippen molar-refractivity contribution in [2.24, 2.45) is 0 Å². The quantitative estimate of drug-likeness (QED) is 0.920. The smallest absolute Gasteiger partial charge is 0.253 e. The first-order valence-corrected chi connectivity index (χ1v) is 6.14. The molecule has 0 radical (unpaired) electrons. The summed E-state index contributed by atoms with van der Waals surface area (Å²) >= 11 is 3.45. The van der Waals surface area contributed by atoms with Gasteiger partial charge in [-0.1, -0.05) is 6.92 Å². The predicted molar refractivity (Wildman–Crippen MR) is 68.5 cm³/mol. The molecule has 0 saturated carbocycles. The summed E-state index contributed by atoms with van der Waals surface area (Å²) in [5.41, 5.74) is 1.65. The van der Waals surface area contributed by atoms with Crippen molar-refractivity contribution in [3.63, 3.8) is 0 Å². The Balaban J connectivity index is 2.64. The molecule has 0 amide bonds. The minimum absolute atomic E-state index is 0.157. The zero-order chi connectivity index (χ0) is 12.6. The third kappa shape index (κ3) is 2.17. The molecule has 17 heavy (non-hydrogen) atoms. The van der Waals surface area contributed by atoms with Gasteiger partial charge in [0, 0.05) is 12.5 Å². The monoisotopic (exact) mass is 296 g/mol. The summed E-state index contributed by atoms with van der Waals surface area (Å²) in [5, 5.41) is 4.35. The van der Waals surface area contributed by atoms with Crippen LogP contribution in [0.2, 0.25) is 0 Å². The van der Waals surface area contributed by atoms with Gasteiger partial charge in [0.25, 0.3) is 5.56 Å². The molecule has 0 aliphatic rings. The summed E-state index contributed by atoms with van der Waals surface area (Å²) in [6.45, 7) is 5.78. The van der Waals surface area contributed by atoms with Gasteiger partial charge >= 0.3 is 0 Å². The number of aromatic amines is 1. The molecule has 0 unspecified atom stereocenters. The maximum absolute atomic E-state index is 11.5. The van der Waals surface area contributed by atoms with Gasteiger partial charge in [0.2, 0.25) is 0 Å². The molecule has 0 aliphatic heterocycles. The van der Waals surface area contributed by atoms with Gasteiger partial charge in [0.1, 0.15) is 5.82 Å². The Morgan fingerprint density at radius 3 is 2.71 bits per heavy atom. The number of hydrogen-bond acceptors (Lipinski definition) is 3. The third-order valence-corrected chi connectivity index (χ3v) is 3.68. The van der Waals surface area contributed by atoms with E-state index in [1.54, 1.807) is 4.68 Å². The van der Waals surface area contributed by atoms with E-state index < -0.39 is 0 Å². The Labute approximate surface area is 107 Å². The number of rotatable bonds is 2. The molecule has 0 aromatic carbocycles. The van der Waals surface area contributed by atoms with Crippen LogP contribution in [-0.2, 0) is 6.42 Å². The Morgan fingerprint density at radius 1 is 1.47 bits per heavy atom. The Hall–Kier alpha value is -1.43. The Kier molecular flexibility index (Phi) is 3.15. The van der Waals surface area contributed by atoms with E-state index in [0.717, 1.165) is 15.9 Å². The molecule has 2 rings (SSSR count). The van der Waals surface area contributed by atoms with Gasteiger partial charge in [0.05, 0.1) is 15.9 Å². The highest BCUT2D eigenvalue weighted by atomic mass is 79.9. The maximum atomic E-state index is 11.5. The van der Waals surface area contributed by atoms with Gasteiger partial charge < -0.3 is 4.98 Å². The molecule has 2 aromatic heterocycles. The second kappa shape index (κ2) is 4.44. The molecular weight excluding hydrogens is 284 g/mol. The van der Waals surface area contributed by atoms with Crippen molar-refractivity contribution in [1.82, 2.24) is 19.7 Å². The van der Waals surface area contributed by atoms with Crippen molar-refractivity contribution in [1.29, 1.82) is 0 Å². The predicted octanol–water partition coefficient (Wildman–Crippen LogP) is 1.90. The van der Waals surface area contributed by atoms with Crippen LogP contribution in [0.25, 0.3) is 5.82 Å². The van der Waals surface area contributed by atoms with Gasteiger partial charge in [-0.3, -0.25) is 4.79 Å². The highest BCUT2D eigenvalue weighted by molar-refractivity contribution is 9.10. The van der Waals surface area contributed by atoms with E-state index >= 15 is 0 Å². The molecule has 0 fully saturated rings. The molecule has 0 bridgehead atoms. The first-order chi connectivity index (χ1) is 8.02. The lowest BCUT2D eigenvalue weighted by atomic mass is 10.4.